The molecule has 1 aliphatic heterocycles. The van der Waals surface area contributed by atoms with Crippen molar-refractivity contribution in [3.63, 3.8) is 0 Å². The number of aromatic nitrogens is 4. The SMILES string of the molecule is CC1=Nc2nc(CCCO)nn2C(c2ccc(Br)cc2)C1C(=O)Nc1cccnc1. The number of aliphatic hydroxyl groups is 1. The molecule has 9 heteroatoms. The first-order valence-electron chi connectivity index (χ1n) is 9.64. The molecule has 2 N–H and O–H groups in total. The minimum absolute atomic E-state index is 0.0679. The van der Waals surface area contributed by atoms with Crippen molar-refractivity contribution in [3.05, 3.63) is 64.7 Å². The van der Waals surface area contributed by atoms with Crippen LogP contribution in [0.3, 0.4) is 0 Å². The largest absolute Gasteiger partial charge is 0.396 e. The summed E-state index contributed by atoms with van der Waals surface area (Å²) in [5, 5.41) is 16.7. The number of nitrogens with zero attached hydrogens (tertiary/aromatic N) is 5. The molecule has 3 heterocycles. The van der Waals surface area contributed by atoms with Gasteiger partial charge in [0.1, 0.15) is 5.92 Å². The van der Waals surface area contributed by atoms with Crippen LogP contribution >= 0.6 is 15.9 Å². The highest BCUT2D eigenvalue weighted by Crippen LogP contribution is 2.36. The number of aliphatic hydroxyl groups excluding tert-OH is 1. The minimum Gasteiger partial charge on any atom is -0.396 e. The third kappa shape index (κ3) is 4.17. The van der Waals surface area contributed by atoms with Gasteiger partial charge in [0, 0.05) is 29.4 Å². The number of amides is 1. The maximum absolute atomic E-state index is 13.3. The number of hydrogen-bond acceptors (Lipinski definition) is 6. The molecule has 1 amide bonds. The molecule has 1 aromatic carbocycles. The number of anilines is 1. The number of pyridine rings is 1. The second kappa shape index (κ2) is 8.85. The molecule has 1 aliphatic rings. The van der Waals surface area contributed by atoms with Gasteiger partial charge in [0.25, 0.3) is 0 Å². The van der Waals surface area contributed by atoms with Crippen molar-refractivity contribution in [3.8, 4) is 0 Å². The number of rotatable bonds is 6. The van der Waals surface area contributed by atoms with E-state index >= 15 is 0 Å². The minimum atomic E-state index is -0.564. The average molecular weight is 469 g/mol. The van der Waals surface area contributed by atoms with Crippen LogP contribution in [0.25, 0.3) is 0 Å². The van der Waals surface area contributed by atoms with Crippen molar-refractivity contribution in [1.82, 2.24) is 19.7 Å². The summed E-state index contributed by atoms with van der Waals surface area (Å²) in [6.07, 6.45) is 4.38. The molecule has 0 saturated heterocycles. The van der Waals surface area contributed by atoms with E-state index in [1.165, 1.54) is 0 Å². The predicted molar refractivity (Wildman–Crippen MR) is 117 cm³/mol. The molecule has 3 aromatic rings. The number of fused-ring (bicyclic) bond motifs is 1. The Hall–Kier alpha value is -2.91. The Morgan fingerprint density at radius 2 is 2.07 bits per heavy atom. The number of halogens is 1. The van der Waals surface area contributed by atoms with Gasteiger partial charge in [-0.05, 0) is 43.2 Å². The molecule has 2 unspecified atom stereocenters. The highest BCUT2D eigenvalue weighted by Gasteiger charge is 2.39. The summed E-state index contributed by atoms with van der Waals surface area (Å²) in [5.41, 5.74) is 2.22. The number of aryl methyl sites for hydroxylation is 1. The summed E-state index contributed by atoms with van der Waals surface area (Å²) in [5.74, 6) is 0.325. The first kappa shape index (κ1) is 20.4. The smallest absolute Gasteiger partial charge is 0.248 e. The summed E-state index contributed by atoms with van der Waals surface area (Å²) < 4.78 is 2.67. The third-order valence-electron chi connectivity index (χ3n) is 4.94. The normalized spacial score (nSPS) is 17.9. The van der Waals surface area contributed by atoms with Crippen molar-refractivity contribution < 1.29 is 9.90 Å². The second-order valence-electron chi connectivity index (χ2n) is 7.06. The molecular weight excluding hydrogens is 448 g/mol. The zero-order valence-electron chi connectivity index (χ0n) is 16.4. The Labute approximate surface area is 182 Å². The van der Waals surface area contributed by atoms with Crippen LogP contribution in [-0.2, 0) is 11.2 Å². The van der Waals surface area contributed by atoms with Gasteiger partial charge in [0.15, 0.2) is 5.82 Å². The van der Waals surface area contributed by atoms with E-state index in [0.29, 0.717) is 36.0 Å². The van der Waals surface area contributed by atoms with Crippen LogP contribution in [0.2, 0.25) is 0 Å². The van der Waals surface area contributed by atoms with Gasteiger partial charge in [0.05, 0.1) is 17.9 Å². The van der Waals surface area contributed by atoms with Crippen molar-refractivity contribution in [2.24, 2.45) is 10.9 Å². The molecule has 0 fully saturated rings. The summed E-state index contributed by atoms with van der Waals surface area (Å²) in [7, 11) is 0. The van der Waals surface area contributed by atoms with E-state index in [1.807, 2.05) is 31.2 Å². The molecule has 0 spiro atoms. The molecule has 4 rings (SSSR count). The summed E-state index contributed by atoms with van der Waals surface area (Å²) in [6.45, 7) is 1.91. The molecule has 0 radical (unpaired) electrons. The van der Waals surface area contributed by atoms with E-state index in [1.54, 1.807) is 29.2 Å². The Balaban J connectivity index is 1.74. The molecule has 30 heavy (non-hydrogen) atoms. The van der Waals surface area contributed by atoms with Gasteiger partial charge in [-0.2, -0.15) is 10.1 Å². The van der Waals surface area contributed by atoms with Gasteiger partial charge in [0.2, 0.25) is 11.9 Å². The van der Waals surface area contributed by atoms with Gasteiger partial charge in [-0.15, -0.1) is 0 Å². The lowest BCUT2D eigenvalue weighted by atomic mass is 9.87. The molecule has 0 aliphatic carbocycles. The molecule has 2 atom stereocenters. The third-order valence-corrected chi connectivity index (χ3v) is 5.47. The predicted octanol–water partition coefficient (Wildman–Crippen LogP) is 3.31. The van der Waals surface area contributed by atoms with Gasteiger partial charge in [-0.3, -0.25) is 9.78 Å². The van der Waals surface area contributed by atoms with Crippen LogP contribution in [0.5, 0.6) is 0 Å². The van der Waals surface area contributed by atoms with Crippen molar-refractivity contribution in [2.75, 3.05) is 11.9 Å². The number of hydrogen-bond donors (Lipinski definition) is 2. The lowest BCUT2D eigenvalue weighted by molar-refractivity contribution is -0.118. The lowest BCUT2D eigenvalue weighted by Gasteiger charge is -2.30. The maximum atomic E-state index is 13.3. The van der Waals surface area contributed by atoms with Crippen LogP contribution in [-0.4, -0.2) is 43.1 Å². The molecule has 8 nitrogen and oxygen atoms in total. The van der Waals surface area contributed by atoms with Crippen LogP contribution in [0.15, 0.2) is 58.3 Å². The molecule has 2 aromatic heterocycles. The van der Waals surface area contributed by atoms with E-state index in [9.17, 15) is 4.79 Å². The number of carbonyl (C=O) groups is 1. The number of aliphatic imine (C=N–C) groups is 1. The van der Waals surface area contributed by atoms with E-state index < -0.39 is 12.0 Å². The molecule has 154 valence electrons. The maximum Gasteiger partial charge on any atom is 0.248 e. The van der Waals surface area contributed by atoms with E-state index in [-0.39, 0.29) is 12.5 Å². The van der Waals surface area contributed by atoms with Gasteiger partial charge >= 0.3 is 0 Å². The first-order valence-corrected chi connectivity index (χ1v) is 10.4. The fourth-order valence-corrected chi connectivity index (χ4v) is 3.81. The summed E-state index contributed by atoms with van der Waals surface area (Å²) in [6, 6.07) is 11.0. The number of benzene rings is 1. The summed E-state index contributed by atoms with van der Waals surface area (Å²) >= 11 is 3.47. The number of nitrogens with one attached hydrogen (secondary N) is 1. The standard InChI is InChI=1S/C21H21BrN6O2/c1-13-18(20(30)25-16-4-2-10-23-12-16)19(14-6-8-15(22)9-7-14)28-21(24-13)26-17(27-28)5-3-11-29/h2,4,6-10,12,18-19,29H,3,5,11H2,1H3,(H,25,30). The highest BCUT2D eigenvalue weighted by atomic mass is 79.9. The van der Waals surface area contributed by atoms with E-state index in [0.717, 1.165) is 10.0 Å². The summed E-state index contributed by atoms with van der Waals surface area (Å²) in [4.78, 5) is 26.4. The van der Waals surface area contributed by atoms with E-state index in [2.05, 4.69) is 41.3 Å². The fraction of sp³-hybridized carbons (Fsp3) is 0.286. The van der Waals surface area contributed by atoms with Crippen LogP contribution in [0.4, 0.5) is 11.6 Å². The molecule has 0 saturated carbocycles. The van der Waals surface area contributed by atoms with Crippen LogP contribution in [0.1, 0.15) is 30.8 Å². The Bertz CT molecular complexity index is 1060. The van der Waals surface area contributed by atoms with Crippen LogP contribution < -0.4 is 5.32 Å². The second-order valence-corrected chi connectivity index (χ2v) is 7.97. The Kier molecular flexibility index (Phi) is 6.01. The first-order chi connectivity index (χ1) is 14.6. The van der Waals surface area contributed by atoms with Crippen molar-refractivity contribution in [1.29, 1.82) is 0 Å². The van der Waals surface area contributed by atoms with Gasteiger partial charge in [-0.1, -0.05) is 28.1 Å². The van der Waals surface area contributed by atoms with E-state index in [4.69, 9.17) is 5.11 Å². The average Bonchev–Trinajstić information content (AvgIpc) is 3.15. The quantitative estimate of drug-likeness (QED) is 0.577. The fourth-order valence-electron chi connectivity index (χ4n) is 3.54. The Morgan fingerprint density at radius 3 is 2.77 bits per heavy atom. The zero-order chi connectivity index (χ0) is 21.1. The monoisotopic (exact) mass is 468 g/mol. The van der Waals surface area contributed by atoms with Crippen molar-refractivity contribution in [2.45, 2.75) is 25.8 Å². The van der Waals surface area contributed by atoms with Gasteiger partial charge in [-0.25, -0.2) is 9.67 Å². The number of carbonyl (C=O) groups excluding carboxylic acids is 1. The lowest BCUT2D eigenvalue weighted by Crippen LogP contribution is -2.39. The van der Waals surface area contributed by atoms with Crippen LogP contribution in [0, 0.1) is 5.92 Å². The van der Waals surface area contributed by atoms with Gasteiger partial charge < -0.3 is 10.4 Å². The molecule has 0 bridgehead atoms. The molecular formula is C21H21BrN6O2. The topological polar surface area (TPSA) is 105 Å². The highest BCUT2D eigenvalue weighted by molar-refractivity contribution is 9.10. The van der Waals surface area contributed by atoms with Crippen molar-refractivity contribution >= 4 is 39.2 Å². The zero-order valence-corrected chi connectivity index (χ0v) is 18.0. The Morgan fingerprint density at radius 1 is 1.27 bits per heavy atom.